The van der Waals surface area contributed by atoms with Crippen molar-refractivity contribution in [2.75, 3.05) is 11.9 Å². The molecule has 2 aromatic carbocycles. The highest BCUT2D eigenvalue weighted by molar-refractivity contribution is 6.50. The van der Waals surface area contributed by atoms with Crippen molar-refractivity contribution in [2.45, 2.75) is 6.92 Å². The van der Waals surface area contributed by atoms with Crippen LogP contribution >= 0.6 is 23.2 Å². The number of hydrogen-bond acceptors (Lipinski definition) is 4. The van der Waals surface area contributed by atoms with E-state index >= 15 is 0 Å². The molecule has 0 spiro atoms. The Kier molecular flexibility index (Phi) is 6.60. The van der Waals surface area contributed by atoms with E-state index in [2.05, 4.69) is 5.32 Å². The van der Waals surface area contributed by atoms with E-state index in [4.69, 9.17) is 33.0 Å². The molecule has 1 unspecified atom stereocenters. The van der Waals surface area contributed by atoms with Crippen LogP contribution in [0.1, 0.15) is 17.3 Å². The minimum Gasteiger partial charge on any atom is -0.493 e. The van der Waals surface area contributed by atoms with Crippen molar-refractivity contribution in [1.29, 1.82) is 0 Å². The van der Waals surface area contributed by atoms with Crippen LogP contribution in [0.4, 0.5) is 5.69 Å². The summed E-state index contributed by atoms with van der Waals surface area (Å²) >= 11 is 11.7. The topological polar surface area (TPSA) is 92.7 Å². The van der Waals surface area contributed by atoms with Crippen molar-refractivity contribution in [3.63, 3.8) is 0 Å². The summed E-state index contributed by atoms with van der Waals surface area (Å²) in [7, 11) is 0. The average molecular weight is 396 g/mol. The van der Waals surface area contributed by atoms with Crippen LogP contribution in [0.3, 0.4) is 0 Å². The first-order valence-corrected chi connectivity index (χ1v) is 8.30. The van der Waals surface area contributed by atoms with Gasteiger partial charge in [-0.25, -0.2) is 0 Å². The van der Waals surface area contributed by atoms with Crippen LogP contribution < -0.4 is 10.1 Å². The smallest absolute Gasteiger partial charge is 0.309 e. The summed E-state index contributed by atoms with van der Waals surface area (Å²) in [5, 5.41) is 11.7. The third kappa shape index (κ3) is 5.21. The number of amides is 1. The molecule has 0 saturated carbocycles. The van der Waals surface area contributed by atoms with Gasteiger partial charge in [-0.1, -0.05) is 23.2 Å². The molecule has 0 heterocycles. The first-order chi connectivity index (χ1) is 12.3. The molecular weight excluding hydrogens is 381 g/mol. The molecule has 1 atom stereocenters. The molecule has 2 N–H and O–H groups in total. The van der Waals surface area contributed by atoms with E-state index in [1.54, 1.807) is 12.1 Å². The van der Waals surface area contributed by atoms with Crippen molar-refractivity contribution in [3.05, 3.63) is 58.1 Å². The zero-order valence-electron chi connectivity index (χ0n) is 13.7. The molecule has 2 rings (SSSR count). The normalized spacial score (nSPS) is 11.5. The fraction of sp³-hybridized carbons (Fsp3) is 0.167. The van der Waals surface area contributed by atoms with Gasteiger partial charge in [0.1, 0.15) is 12.4 Å². The van der Waals surface area contributed by atoms with Gasteiger partial charge in [0.2, 0.25) is 0 Å². The third-order valence-electron chi connectivity index (χ3n) is 3.41. The quantitative estimate of drug-likeness (QED) is 0.547. The maximum absolute atomic E-state index is 12.2. The summed E-state index contributed by atoms with van der Waals surface area (Å²) in [6, 6.07) is 10.5. The third-order valence-corrected chi connectivity index (χ3v) is 3.98. The van der Waals surface area contributed by atoms with Gasteiger partial charge in [0, 0.05) is 16.3 Å². The average Bonchev–Trinajstić information content (AvgIpc) is 2.62. The summed E-state index contributed by atoms with van der Waals surface area (Å²) in [6.45, 7) is 1.55. The highest BCUT2D eigenvalue weighted by Crippen LogP contribution is 2.22. The molecule has 0 aromatic heterocycles. The van der Waals surface area contributed by atoms with Crippen molar-refractivity contribution >= 4 is 46.5 Å². The highest BCUT2D eigenvalue weighted by Gasteiger charge is 2.19. The van der Waals surface area contributed by atoms with E-state index in [0.29, 0.717) is 16.5 Å². The maximum atomic E-state index is 12.2. The molecule has 0 radical (unpaired) electrons. The number of aliphatic carboxylic acids is 1. The molecule has 136 valence electrons. The van der Waals surface area contributed by atoms with Crippen molar-refractivity contribution in [1.82, 2.24) is 0 Å². The van der Waals surface area contributed by atoms with Gasteiger partial charge in [-0.2, -0.15) is 0 Å². The minimum absolute atomic E-state index is 0.0132. The molecule has 8 heteroatoms. The molecule has 1 amide bonds. The number of ketones is 1. The van der Waals surface area contributed by atoms with Crippen LogP contribution in [0.25, 0.3) is 0 Å². The Hall–Kier alpha value is -2.57. The second kappa shape index (κ2) is 8.69. The molecule has 6 nitrogen and oxygen atoms in total. The molecule has 26 heavy (non-hydrogen) atoms. The number of halogens is 2. The Morgan fingerprint density at radius 2 is 1.77 bits per heavy atom. The van der Waals surface area contributed by atoms with E-state index in [0.717, 1.165) is 0 Å². The first-order valence-electron chi connectivity index (χ1n) is 7.54. The minimum atomic E-state index is -0.952. The summed E-state index contributed by atoms with van der Waals surface area (Å²) < 4.78 is 5.34. The Labute approximate surface area is 159 Å². The molecular formula is C18H15Cl2NO5. The molecule has 0 saturated heterocycles. The van der Waals surface area contributed by atoms with E-state index in [9.17, 15) is 14.4 Å². The number of carboxylic acids is 1. The van der Waals surface area contributed by atoms with Crippen LogP contribution in [0, 0.1) is 5.92 Å². The molecule has 0 aliphatic carbocycles. The summed E-state index contributed by atoms with van der Waals surface area (Å²) in [5.74, 6) is -2.82. The SMILES string of the molecule is CC(COc1ccc(NC(=O)C(=O)c2cc(Cl)ccc2Cl)cc1)C(=O)O. The van der Waals surface area contributed by atoms with Gasteiger partial charge >= 0.3 is 5.97 Å². The van der Waals surface area contributed by atoms with Crippen LogP contribution in [0.2, 0.25) is 10.0 Å². The lowest BCUT2D eigenvalue weighted by Crippen LogP contribution is -2.23. The van der Waals surface area contributed by atoms with Crippen LogP contribution in [0.5, 0.6) is 5.75 Å². The van der Waals surface area contributed by atoms with Crippen LogP contribution in [-0.2, 0) is 9.59 Å². The second-order valence-electron chi connectivity index (χ2n) is 5.48. The van der Waals surface area contributed by atoms with Gasteiger partial charge in [-0.05, 0) is 49.4 Å². The van der Waals surface area contributed by atoms with Gasteiger partial charge in [0.25, 0.3) is 11.7 Å². The Bertz CT molecular complexity index is 836. The maximum Gasteiger partial charge on any atom is 0.309 e. The molecule has 0 aliphatic rings. The lowest BCUT2D eigenvalue weighted by Gasteiger charge is -2.10. The molecule has 0 bridgehead atoms. The molecule has 0 aliphatic heterocycles. The standard InChI is InChI=1S/C18H15Cl2NO5/c1-10(18(24)25)9-26-13-5-3-12(4-6-13)21-17(23)16(22)14-8-11(19)2-7-15(14)20/h2-8,10H,9H2,1H3,(H,21,23)(H,24,25). The lowest BCUT2D eigenvalue weighted by atomic mass is 10.1. The lowest BCUT2D eigenvalue weighted by molar-refractivity contribution is -0.142. The number of benzene rings is 2. The van der Waals surface area contributed by atoms with Gasteiger partial charge in [-0.15, -0.1) is 0 Å². The van der Waals surface area contributed by atoms with Crippen molar-refractivity contribution < 1.29 is 24.2 Å². The van der Waals surface area contributed by atoms with E-state index < -0.39 is 23.6 Å². The van der Waals surface area contributed by atoms with Crippen molar-refractivity contribution in [2.24, 2.45) is 5.92 Å². The number of nitrogens with one attached hydrogen (secondary N) is 1. The fourth-order valence-electron chi connectivity index (χ4n) is 1.91. The molecule has 0 fully saturated rings. The Morgan fingerprint density at radius 1 is 1.12 bits per heavy atom. The van der Waals surface area contributed by atoms with Gasteiger partial charge in [-0.3, -0.25) is 14.4 Å². The number of rotatable bonds is 7. The number of carbonyl (C=O) groups excluding carboxylic acids is 2. The van der Waals surface area contributed by atoms with E-state index in [1.807, 2.05) is 0 Å². The predicted molar refractivity (Wildman–Crippen MR) is 98.2 cm³/mol. The summed E-state index contributed by atoms with van der Waals surface area (Å²) in [4.78, 5) is 35.0. The van der Waals surface area contributed by atoms with Crippen LogP contribution in [-0.4, -0.2) is 29.4 Å². The van der Waals surface area contributed by atoms with Gasteiger partial charge < -0.3 is 15.2 Å². The number of anilines is 1. The monoisotopic (exact) mass is 395 g/mol. The zero-order chi connectivity index (χ0) is 19.3. The second-order valence-corrected chi connectivity index (χ2v) is 6.33. The largest absolute Gasteiger partial charge is 0.493 e. The molecule has 2 aromatic rings. The van der Waals surface area contributed by atoms with Gasteiger partial charge in [0.05, 0.1) is 10.9 Å². The Morgan fingerprint density at radius 3 is 2.38 bits per heavy atom. The number of carboxylic acid groups (broad SMARTS) is 1. The zero-order valence-corrected chi connectivity index (χ0v) is 15.2. The predicted octanol–water partition coefficient (Wildman–Crippen LogP) is 3.91. The Balaban J connectivity index is 2.00. The number of Topliss-reactive ketones (excluding diaryl/α,β-unsaturated/α-hetero) is 1. The van der Waals surface area contributed by atoms with E-state index in [1.165, 1.54) is 37.3 Å². The number of hydrogen-bond donors (Lipinski definition) is 2. The summed E-state index contributed by atoms with van der Waals surface area (Å²) in [5.41, 5.74) is 0.388. The number of ether oxygens (including phenoxy) is 1. The van der Waals surface area contributed by atoms with Crippen LogP contribution in [0.15, 0.2) is 42.5 Å². The highest BCUT2D eigenvalue weighted by atomic mass is 35.5. The summed E-state index contributed by atoms with van der Waals surface area (Å²) in [6.07, 6.45) is 0. The van der Waals surface area contributed by atoms with Crippen molar-refractivity contribution in [3.8, 4) is 5.75 Å². The van der Waals surface area contributed by atoms with E-state index in [-0.39, 0.29) is 17.2 Å². The van der Waals surface area contributed by atoms with Gasteiger partial charge in [0.15, 0.2) is 0 Å². The number of carbonyl (C=O) groups is 3. The first kappa shape index (κ1) is 19.8. The fourth-order valence-corrected chi connectivity index (χ4v) is 2.28.